The molecule has 0 unspecified atom stereocenters. The van der Waals surface area contributed by atoms with Crippen LogP contribution in [0, 0.1) is 0 Å². The van der Waals surface area contributed by atoms with Crippen LogP contribution >= 0.6 is 0 Å². The van der Waals surface area contributed by atoms with Crippen molar-refractivity contribution in [1.82, 2.24) is 0 Å². The molecule has 0 aliphatic rings. The number of hydrogen-bond acceptors (Lipinski definition) is 4. The van der Waals surface area contributed by atoms with Gasteiger partial charge in [0, 0.05) is 5.56 Å². The van der Waals surface area contributed by atoms with E-state index in [4.69, 9.17) is 14.6 Å². The van der Waals surface area contributed by atoms with E-state index >= 15 is 0 Å². The van der Waals surface area contributed by atoms with Crippen LogP contribution in [0.5, 0.6) is 11.5 Å². The third kappa shape index (κ3) is 2.50. The van der Waals surface area contributed by atoms with E-state index in [1.807, 2.05) is 0 Å². The first-order chi connectivity index (χ1) is 7.60. The summed E-state index contributed by atoms with van der Waals surface area (Å²) in [6, 6.07) is 4.25. The summed E-state index contributed by atoms with van der Waals surface area (Å²) >= 11 is 0. The maximum atomic E-state index is 11.2. The number of ether oxygens (including phenoxy) is 2. The van der Waals surface area contributed by atoms with E-state index in [1.165, 1.54) is 25.3 Å². The molecule has 0 spiro atoms. The molecule has 5 heteroatoms. The maximum Gasteiger partial charge on any atom is 0.377 e. The molecule has 1 aromatic carbocycles. The fraction of sp³-hybridized carbons (Fsp3) is 0.273. The molecular formula is C11H12O5. The van der Waals surface area contributed by atoms with Crippen molar-refractivity contribution in [2.45, 2.75) is 6.92 Å². The zero-order chi connectivity index (χ0) is 12.1. The second-order valence-electron chi connectivity index (χ2n) is 2.93. The first-order valence-corrected chi connectivity index (χ1v) is 4.68. The van der Waals surface area contributed by atoms with E-state index in [2.05, 4.69) is 0 Å². The molecule has 0 heterocycles. The quantitative estimate of drug-likeness (QED) is 0.604. The van der Waals surface area contributed by atoms with Gasteiger partial charge >= 0.3 is 5.97 Å². The van der Waals surface area contributed by atoms with Gasteiger partial charge in [0.05, 0.1) is 13.7 Å². The lowest BCUT2D eigenvalue weighted by Crippen LogP contribution is -2.12. The van der Waals surface area contributed by atoms with Crippen molar-refractivity contribution in [3.05, 3.63) is 23.8 Å². The molecule has 0 bridgehead atoms. The van der Waals surface area contributed by atoms with Crippen LogP contribution < -0.4 is 9.47 Å². The smallest absolute Gasteiger partial charge is 0.377 e. The Bertz CT molecular complexity index is 411. The highest BCUT2D eigenvalue weighted by atomic mass is 16.5. The van der Waals surface area contributed by atoms with Crippen molar-refractivity contribution in [1.29, 1.82) is 0 Å². The van der Waals surface area contributed by atoms with E-state index in [0.717, 1.165) is 0 Å². The Balaban J connectivity index is 3.11. The molecule has 0 atom stereocenters. The monoisotopic (exact) mass is 224 g/mol. The average Bonchev–Trinajstić information content (AvgIpc) is 2.28. The second kappa shape index (κ2) is 5.16. The molecule has 16 heavy (non-hydrogen) atoms. The van der Waals surface area contributed by atoms with Crippen LogP contribution in [0.1, 0.15) is 17.3 Å². The third-order valence-electron chi connectivity index (χ3n) is 1.92. The van der Waals surface area contributed by atoms with Crippen molar-refractivity contribution in [3.63, 3.8) is 0 Å². The van der Waals surface area contributed by atoms with Gasteiger partial charge in [0.1, 0.15) is 0 Å². The Morgan fingerprint density at radius 2 is 2.00 bits per heavy atom. The van der Waals surface area contributed by atoms with Crippen LogP contribution in [0.2, 0.25) is 0 Å². The minimum Gasteiger partial charge on any atom is -0.493 e. The van der Waals surface area contributed by atoms with Gasteiger partial charge in [0.25, 0.3) is 5.78 Å². The highest BCUT2D eigenvalue weighted by Crippen LogP contribution is 2.28. The first-order valence-electron chi connectivity index (χ1n) is 4.68. The topological polar surface area (TPSA) is 72.8 Å². The molecule has 1 N–H and O–H groups in total. The first kappa shape index (κ1) is 12.0. The lowest BCUT2D eigenvalue weighted by Gasteiger charge is -2.09. The van der Waals surface area contributed by atoms with Crippen molar-refractivity contribution in [3.8, 4) is 11.5 Å². The molecule has 0 radical (unpaired) electrons. The van der Waals surface area contributed by atoms with E-state index in [1.54, 1.807) is 6.92 Å². The number of hydrogen-bond donors (Lipinski definition) is 1. The van der Waals surface area contributed by atoms with Crippen molar-refractivity contribution in [2.24, 2.45) is 0 Å². The van der Waals surface area contributed by atoms with Crippen LogP contribution in [0.3, 0.4) is 0 Å². The largest absolute Gasteiger partial charge is 0.493 e. The second-order valence-corrected chi connectivity index (χ2v) is 2.93. The van der Waals surface area contributed by atoms with Crippen LogP contribution in [0.25, 0.3) is 0 Å². The number of ketones is 1. The molecule has 0 aliphatic carbocycles. The van der Waals surface area contributed by atoms with Crippen LogP contribution in [-0.2, 0) is 4.79 Å². The number of methoxy groups -OCH3 is 1. The third-order valence-corrected chi connectivity index (χ3v) is 1.92. The van der Waals surface area contributed by atoms with Gasteiger partial charge in [-0.2, -0.15) is 0 Å². The fourth-order valence-corrected chi connectivity index (χ4v) is 1.21. The van der Waals surface area contributed by atoms with Crippen molar-refractivity contribution >= 4 is 11.8 Å². The molecule has 0 aromatic heterocycles. The van der Waals surface area contributed by atoms with E-state index in [-0.39, 0.29) is 5.56 Å². The molecule has 0 amide bonds. The summed E-state index contributed by atoms with van der Waals surface area (Å²) in [5.74, 6) is -1.64. The molecule has 0 saturated heterocycles. The van der Waals surface area contributed by atoms with Gasteiger partial charge in [-0.15, -0.1) is 0 Å². The van der Waals surface area contributed by atoms with E-state index < -0.39 is 11.8 Å². The Morgan fingerprint density at radius 1 is 1.31 bits per heavy atom. The summed E-state index contributed by atoms with van der Waals surface area (Å²) < 4.78 is 10.2. The summed E-state index contributed by atoms with van der Waals surface area (Å²) in [7, 11) is 1.47. The standard InChI is InChI=1S/C11H12O5/c1-3-16-9-6-7(10(12)11(13)14)4-5-8(9)15-2/h4-6H,3H2,1-2H3,(H,13,14). The van der Waals surface area contributed by atoms with E-state index in [9.17, 15) is 9.59 Å². The summed E-state index contributed by atoms with van der Waals surface area (Å²) in [5, 5.41) is 8.56. The van der Waals surface area contributed by atoms with Crippen molar-refractivity contribution in [2.75, 3.05) is 13.7 Å². The highest BCUT2D eigenvalue weighted by molar-refractivity contribution is 6.39. The van der Waals surface area contributed by atoms with Gasteiger partial charge in [0.2, 0.25) is 0 Å². The van der Waals surface area contributed by atoms with Gasteiger partial charge in [-0.3, -0.25) is 4.79 Å². The molecule has 1 rings (SSSR count). The molecular weight excluding hydrogens is 212 g/mol. The highest BCUT2D eigenvalue weighted by Gasteiger charge is 2.16. The molecule has 5 nitrogen and oxygen atoms in total. The predicted octanol–water partition coefficient (Wildman–Crippen LogP) is 1.36. The lowest BCUT2D eigenvalue weighted by molar-refractivity contribution is -0.131. The maximum absolute atomic E-state index is 11.2. The number of aliphatic carboxylic acids is 1. The van der Waals surface area contributed by atoms with Crippen LogP contribution in [0.4, 0.5) is 0 Å². The van der Waals surface area contributed by atoms with Gasteiger partial charge in [0.15, 0.2) is 11.5 Å². The van der Waals surface area contributed by atoms with Gasteiger partial charge in [-0.05, 0) is 25.1 Å². The minimum atomic E-state index is -1.49. The average molecular weight is 224 g/mol. The summed E-state index contributed by atoms with van der Waals surface area (Å²) in [6.07, 6.45) is 0. The van der Waals surface area contributed by atoms with Crippen LogP contribution in [-0.4, -0.2) is 30.6 Å². The molecule has 0 fully saturated rings. The number of carboxylic acid groups (broad SMARTS) is 1. The molecule has 86 valence electrons. The normalized spacial score (nSPS) is 9.62. The number of Topliss-reactive ketones (excluding diaryl/α,β-unsaturated/α-hetero) is 1. The lowest BCUT2D eigenvalue weighted by atomic mass is 10.1. The molecule has 0 aliphatic heterocycles. The molecule has 1 aromatic rings. The van der Waals surface area contributed by atoms with E-state index in [0.29, 0.717) is 18.1 Å². The minimum absolute atomic E-state index is 0.0664. The Kier molecular flexibility index (Phi) is 3.88. The Morgan fingerprint density at radius 3 is 2.50 bits per heavy atom. The van der Waals surface area contributed by atoms with Gasteiger partial charge in [-0.25, -0.2) is 4.79 Å². The fourth-order valence-electron chi connectivity index (χ4n) is 1.21. The van der Waals surface area contributed by atoms with Crippen LogP contribution in [0.15, 0.2) is 18.2 Å². The predicted molar refractivity (Wildman–Crippen MR) is 56.1 cm³/mol. The summed E-state index contributed by atoms with van der Waals surface area (Å²) in [4.78, 5) is 21.7. The van der Waals surface area contributed by atoms with Crippen molar-refractivity contribution < 1.29 is 24.2 Å². The van der Waals surface area contributed by atoms with Gasteiger partial charge < -0.3 is 14.6 Å². The number of carboxylic acids is 1. The summed E-state index contributed by atoms with van der Waals surface area (Å²) in [5.41, 5.74) is 0.0664. The zero-order valence-electron chi connectivity index (χ0n) is 9.02. The Labute approximate surface area is 92.6 Å². The number of rotatable bonds is 5. The molecule has 0 saturated carbocycles. The summed E-state index contributed by atoms with van der Waals surface area (Å²) in [6.45, 7) is 2.19. The zero-order valence-corrected chi connectivity index (χ0v) is 9.02. The number of carbonyl (C=O) groups is 2. The van der Waals surface area contributed by atoms with Gasteiger partial charge in [-0.1, -0.05) is 0 Å². The SMILES string of the molecule is CCOc1cc(C(=O)C(=O)O)ccc1OC. The Hall–Kier alpha value is -2.04. The number of benzene rings is 1. The number of carbonyl (C=O) groups excluding carboxylic acids is 1.